The Morgan fingerprint density at radius 3 is 0.618 bits per heavy atom. The molecule has 0 fully saturated rings. The zero-order chi connectivity index (χ0) is 49.7. The van der Waals surface area contributed by atoms with Crippen LogP contribution in [0.25, 0.3) is 45.6 Å². The Morgan fingerprint density at radius 2 is 0.461 bits per heavy atom. The van der Waals surface area contributed by atoms with Crippen molar-refractivity contribution in [1.82, 2.24) is 29.9 Å². The molecule has 6 heterocycles. The number of carbonyl (C=O) groups excluding carboxylic acids is 4. The maximum atomic E-state index is 13.0. The van der Waals surface area contributed by atoms with Gasteiger partial charge in [0.15, 0.2) is 34.9 Å². The molecule has 2 aromatic carbocycles. The summed E-state index contributed by atoms with van der Waals surface area (Å²) in [7, 11) is 0. The van der Waals surface area contributed by atoms with Gasteiger partial charge in [-0.05, 0) is 72.8 Å². The number of aromatic nitrogens is 6. The molecule has 8 rings (SSSR count). The van der Waals surface area contributed by atoms with Gasteiger partial charge in [-0.3, -0.25) is 19.9 Å². The first-order chi connectivity index (χ1) is 32.4. The fourth-order valence-electron chi connectivity index (χ4n) is 5.48. The summed E-state index contributed by atoms with van der Waals surface area (Å²) in [5, 5.41) is 40.7. The first-order valence-corrected chi connectivity index (χ1v) is 18.6. The van der Waals surface area contributed by atoms with Crippen molar-refractivity contribution < 1.29 is 142 Å². The Balaban J connectivity index is -0.000000440. The van der Waals surface area contributed by atoms with Crippen LogP contribution in [0.1, 0.15) is 41.4 Å². The van der Waals surface area contributed by atoms with Crippen LogP contribution >= 0.6 is 0 Å². The minimum absolute atomic E-state index is 0. The number of carboxylic acids is 4. The smallest absolute Gasteiger partial charge is 0.545 e. The molecule has 2 radical (unpaired) electrons. The summed E-state index contributed by atoms with van der Waals surface area (Å²) < 4.78 is 102. The van der Waals surface area contributed by atoms with Crippen molar-refractivity contribution in [1.29, 1.82) is 0 Å². The Kier molecular flexibility index (Phi) is 33.1. The number of aromatic carboxylic acids is 4. The standard InChI is InChI=1S/2C15H11N3.2C8H2F4O4.2Cu.6H2O/c2*1-3-10-16-12(6-1)14-8-5-9-15(18-14)13-7-2-4-11-17-13;2*9-3-1(7(13)14)4(10)6(12)5(11)2(3)8(15)16;;;;;;;;/h2*1-11H;2*(H,13,14)(H,15,16);;;6*1H2/q;;;;2*+2;;;;;;/p-4. The Bertz CT molecular complexity index is 2750. The van der Waals surface area contributed by atoms with Crippen molar-refractivity contribution in [2.24, 2.45) is 0 Å². The van der Waals surface area contributed by atoms with Crippen LogP contribution in [0, 0.1) is 46.5 Å². The first-order valence-electron chi connectivity index (χ1n) is 18.6. The summed E-state index contributed by atoms with van der Waals surface area (Å²) in [5.41, 5.74) is -1.08. The molecule has 0 atom stereocenters. The number of halogens is 8. The summed E-state index contributed by atoms with van der Waals surface area (Å²) in [5.74, 6) is -29.0. The van der Waals surface area contributed by atoms with Gasteiger partial charge < -0.3 is 72.5 Å². The topological polar surface area (TPSA) is 427 Å². The number of rotatable bonds is 8. The zero-order valence-electron chi connectivity index (χ0n) is 37.3. The normalized spacial score (nSPS) is 9.16. The molecule has 0 amide bonds. The van der Waals surface area contributed by atoms with Gasteiger partial charge >= 0.3 is 34.1 Å². The van der Waals surface area contributed by atoms with Gasteiger partial charge in [0.25, 0.3) is 0 Å². The molecule has 76 heavy (non-hydrogen) atoms. The van der Waals surface area contributed by atoms with E-state index in [1.165, 1.54) is 0 Å². The van der Waals surface area contributed by atoms with Gasteiger partial charge in [-0.1, -0.05) is 36.4 Å². The molecule has 8 aromatic rings. The molecular weight excluding hydrogens is 1140 g/mol. The van der Waals surface area contributed by atoms with Crippen LogP contribution in [0.5, 0.6) is 0 Å². The molecule has 0 unspecified atom stereocenters. The van der Waals surface area contributed by atoms with Crippen molar-refractivity contribution in [3.8, 4) is 45.6 Å². The third kappa shape index (κ3) is 17.8. The van der Waals surface area contributed by atoms with Gasteiger partial charge in [0.1, 0.15) is 11.6 Å². The molecule has 12 N–H and O–H groups in total. The van der Waals surface area contributed by atoms with E-state index in [1.54, 1.807) is 24.8 Å². The number of hydrogen-bond donors (Lipinski definition) is 0. The van der Waals surface area contributed by atoms with Crippen LogP contribution in [0.4, 0.5) is 35.1 Å². The van der Waals surface area contributed by atoms with Crippen LogP contribution < -0.4 is 20.4 Å². The Labute approximate surface area is 442 Å². The minimum Gasteiger partial charge on any atom is -0.545 e. The SMILES string of the molecule is O.O.O.O.O.O.O=C([O-])c1c(F)c(F)c(F)c(C(=O)[O-])c1F.O=C([O-])c1c(F)c(F)c(F)c(C(=O)[O-])c1F.[Cu+2].[Cu+2].c1ccc(-c2cccc(-c3ccccn3)n2)nc1.c1ccc(-c2cccc(-c3ccccn3)n2)nc1. The van der Waals surface area contributed by atoms with Gasteiger partial charge in [0.2, 0.25) is 0 Å². The second-order valence-electron chi connectivity index (χ2n) is 12.8. The molecule has 30 heteroatoms. The summed E-state index contributed by atoms with van der Waals surface area (Å²) in [6.45, 7) is 0. The second kappa shape index (κ2) is 34.0. The van der Waals surface area contributed by atoms with Crippen LogP contribution in [-0.4, -0.2) is 86.6 Å². The molecule has 410 valence electrons. The van der Waals surface area contributed by atoms with Gasteiger partial charge in [-0.2, -0.15) is 0 Å². The number of carbonyl (C=O) groups is 4. The fraction of sp³-hybridized carbons (Fsp3) is 0. The van der Waals surface area contributed by atoms with Crippen molar-refractivity contribution in [2.75, 3.05) is 0 Å². The van der Waals surface area contributed by atoms with Gasteiger partial charge in [0.05, 0.1) is 91.7 Å². The Hall–Kier alpha value is -8.54. The van der Waals surface area contributed by atoms with Crippen LogP contribution in [0.3, 0.4) is 0 Å². The minimum atomic E-state index is -2.52. The second-order valence-corrected chi connectivity index (χ2v) is 12.8. The van der Waals surface area contributed by atoms with Crippen molar-refractivity contribution in [2.45, 2.75) is 0 Å². The van der Waals surface area contributed by atoms with E-state index < -0.39 is 92.7 Å². The maximum absolute atomic E-state index is 13.0. The third-order valence-corrected chi connectivity index (χ3v) is 8.55. The molecule has 0 aliphatic rings. The molecule has 0 saturated carbocycles. The molecule has 0 saturated heterocycles. The van der Waals surface area contributed by atoms with Gasteiger partial charge in [0, 0.05) is 24.8 Å². The van der Waals surface area contributed by atoms with E-state index in [4.69, 9.17) is 0 Å². The largest absolute Gasteiger partial charge is 2.00 e. The predicted octanol–water partition coefficient (Wildman–Crippen LogP) is -0.602. The molecule has 0 aliphatic heterocycles. The molecular formula is C46H34Cu2F8N6O14. The number of nitrogens with zero attached hydrogens (tertiary/aromatic N) is 6. The predicted molar refractivity (Wildman–Crippen MR) is 233 cm³/mol. The average molecular weight is 1170 g/mol. The summed E-state index contributed by atoms with van der Waals surface area (Å²) >= 11 is 0. The third-order valence-electron chi connectivity index (χ3n) is 8.55. The van der Waals surface area contributed by atoms with E-state index in [2.05, 4.69) is 29.9 Å². The molecule has 0 bridgehead atoms. The fourth-order valence-corrected chi connectivity index (χ4v) is 5.48. The van der Waals surface area contributed by atoms with E-state index in [0.717, 1.165) is 45.6 Å². The molecule has 0 aliphatic carbocycles. The van der Waals surface area contributed by atoms with E-state index >= 15 is 0 Å². The summed E-state index contributed by atoms with van der Waals surface area (Å²) in [6, 6.07) is 35.0. The monoisotopic (exact) mass is 1170 g/mol. The number of carboxylic acid groups (broad SMARTS) is 4. The summed E-state index contributed by atoms with van der Waals surface area (Å²) in [6.07, 6.45) is 7.07. The number of pyridine rings is 6. The van der Waals surface area contributed by atoms with Gasteiger partial charge in [-0.15, -0.1) is 0 Å². The van der Waals surface area contributed by atoms with Crippen molar-refractivity contribution >= 4 is 23.9 Å². The van der Waals surface area contributed by atoms with Gasteiger partial charge in [-0.25, -0.2) is 45.1 Å². The van der Waals surface area contributed by atoms with Crippen LogP contribution in [0.2, 0.25) is 0 Å². The number of hydrogen-bond acceptors (Lipinski definition) is 14. The summed E-state index contributed by atoms with van der Waals surface area (Å²) in [4.78, 5) is 67.1. The molecule has 20 nitrogen and oxygen atoms in total. The molecule has 6 aromatic heterocycles. The zero-order valence-corrected chi connectivity index (χ0v) is 39.2. The van der Waals surface area contributed by atoms with Crippen LogP contribution in [0.15, 0.2) is 134 Å². The number of benzene rings is 2. The van der Waals surface area contributed by atoms with Crippen molar-refractivity contribution in [3.63, 3.8) is 0 Å². The van der Waals surface area contributed by atoms with Crippen LogP contribution in [-0.2, 0) is 34.1 Å². The van der Waals surface area contributed by atoms with E-state index in [9.17, 15) is 74.7 Å². The Morgan fingerprint density at radius 1 is 0.276 bits per heavy atom. The first kappa shape index (κ1) is 74.0. The quantitative estimate of drug-likeness (QED) is 0.0794. The molecule has 0 spiro atoms. The van der Waals surface area contributed by atoms with E-state index in [-0.39, 0.29) is 67.0 Å². The average Bonchev–Trinajstić information content (AvgIpc) is 3.34. The van der Waals surface area contributed by atoms with Crippen molar-refractivity contribution in [3.05, 3.63) is 203 Å². The van der Waals surface area contributed by atoms with E-state index in [1.807, 2.05) is 109 Å². The van der Waals surface area contributed by atoms with E-state index in [0.29, 0.717) is 0 Å². The maximum Gasteiger partial charge on any atom is 2.00 e.